The van der Waals surface area contributed by atoms with E-state index in [1.54, 1.807) is 11.4 Å². The molecule has 0 bridgehead atoms. The number of amides is 1. The third-order valence-corrected chi connectivity index (χ3v) is 5.22. The number of hydrogen-bond acceptors (Lipinski definition) is 4. The van der Waals surface area contributed by atoms with Gasteiger partial charge in [-0.15, -0.1) is 22.7 Å². The quantitative estimate of drug-likeness (QED) is 0.858. The fourth-order valence-electron chi connectivity index (χ4n) is 1.57. The standard InChI is InChI=1S/C12H10BrNO3S2/c13-7-3-5-19-11(7)12(17)14-8(6-10(15)16)9-2-1-4-18-9/h1-5,8H,6H2,(H,14,17)(H,15,16). The Morgan fingerprint density at radius 2 is 2.11 bits per heavy atom. The molecule has 0 aliphatic rings. The normalized spacial score (nSPS) is 12.1. The molecule has 7 heteroatoms. The third-order valence-electron chi connectivity index (χ3n) is 2.39. The van der Waals surface area contributed by atoms with Crippen LogP contribution >= 0.6 is 38.6 Å². The predicted octanol–water partition coefficient (Wildman–Crippen LogP) is 3.52. The summed E-state index contributed by atoms with van der Waals surface area (Å²) in [6, 6.07) is 4.94. The lowest BCUT2D eigenvalue weighted by molar-refractivity contribution is -0.137. The van der Waals surface area contributed by atoms with E-state index in [2.05, 4.69) is 21.2 Å². The number of thiophene rings is 2. The van der Waals surface area contributed by atoms with Crippen molar-refractivity contribution in [2.75, 3.05) is 0 Å². The number of carbonyl (C=O) groups is 2. The monoisotopic (exact) mass is 359 g/mol. The molecule has 0 spiro atoms. The average molecular weight is 360 g/mol. The van der Waals surface area contributed by atoms with Gasteiger partial charge in [0, 0.05) is 9.35 Å². The van der Waals surface area contributed by atoms with Crippen LogP contribution in [-0.2, 0) is 4.79 Å². The Balaban J connectivity index is 2.15. The van der Waals surface area contributed by atoms with Gasteiger partial charge in [-0.3, -0.25) is 9.59 Å². The maximum atomic E-state index is 12.1. The number of hydrogen-bond donors (Lipinski definition) is 2. The number of carboxylic acids is 1. The third kappa shape index (κ3) is 3.65. The van der Waals surface area contributed by atoms with E-state index in [-0.39, 0.29) is 12.3 Å². The van der Waals surface area contributed by atoms with Crippen molar-refractivity contribution < 1.29 is 14.7 Å². The Morgan fingerprint density at radius 1 is 1.32 bits per heavy atom. The smallest absolute Gasteiger partial charge is 0.305 e. The van der Waals surface area contributed by atoms with Crippen LogP contribution in [0.1, 0.15) is 27.0 Å². The minimum Gasteiger partial charge on any atom is -0.481 e. The summed E-state index contributed by atoms with van der Waals surface area (Å²) < 4.78 is 0.718. The molecule has 1 atom stereocenters. The van der Waals surface area contributed by atoms with Crippen LogP contribution in [0.5, 0.6) is 0 Å². The largest absolute Gasteiger partial charge is 0.481 e. The first-order chi connectivity index (χ1) is 9.08. The first kappa shape index (κ1) is 14.2. The summed E-state index contributed by atoms with van der Waals surface area (Å²) in [5, 5.41) is 15.4. The van der Waals surface area contributed by atoms with Gasteiger partial charge in [0.15, 0.2) is 0 Å². The van der Waals surface area contributed by atoms with Crippen molar-refractivity contribution in [1.82, 2.24) is 5.32 Å². The van der Waals surface area contributed by atoms with E-state index in [1.807, 2.05) is 17.5 Å². The molecule has 19 heavy (non-hydrogen) atoms. The lowest BCUT2D eigenvalue weighted by atomic mass is 10.1. The molecule has 2 aromatic heterocycles. The zero-order valence-corrected chi connectivity index (χ0v) is 12.8. The fourth-order valence-corrected chi connectivity index (χ4v) is 3.80. The molecule has 2 N–H and O–H groups in total. The summed E-state index contributed by atoms with van der Waals surface area (Å²) in [7, 11) is 0. The van der Waals surface area contributed by atoms with Crippen LogP contribution in [0.15, 0.2) is 33.4 Å². The van der Waals surface area contributed by atoms with Crippen LogP contribution < -0.4 is 5.32 Å². The molecular formula is C12H10BrNO3S2. The zero-order chi connectivity index (χ0) is 13.8. The van der Waals surface area contributed by atoms with Crippen LogP contribution in [0.25, 0.3) is 0 Å². The Labute approximate surface area is 126 Å². The second-order valence-corrected chi connectivity index (χ2v) is 6.49. The Morgan fingerprint density at radius 3 is 2.63 bits per heavy atom. The number of aliphatic carboxylic acids is 1. The predicted molar refractivity (Wildman–Crippen MR) is 78.8 cm³/mol. The Hall–Kier alpha value is -1.18. The molecule has 0 aromatic carbocycles. The van der Waals surface area contributed by atoms with Crippen LogP contribution in [0.4, 0.5) is 0 Å². The number of nitrogens with one attached hydrogen (secondary N) is 1. The summed E-state index contributed by atoms with van der Waals surface area (Å²) in [6.07, 6.45) is -0.130. The maximum absolute atomic E-state index is 12.1. The summed E-state index contributed by atoms with van der Waals surface area (Å²) in [4.78, 5) is 24.4. The molecule has 1 unspecified atom stereocenters. The summed E-state index contributed by atoms with van der Waals surface area (Å²) >= 11 is 6.04. The first-order valence-electron chi connectivity index (χ1n) is 5.37. The van der Waals surface area contributed by atoms with Gasteiger partial charge in [-0.25, -0.2) is 0 Å². The van der Waals surface area contributed by atoms with Crippen molar-refractivity contribution in [2.45, 2.75) is 12.5 Å². The molecule has 2 heterocycles. The van der Waals surface area contributed by atoms with Crippen LogP contribution in [0.2, 0.25) is 0 Å². The van der Waals surface area contributed by atoms with Crippen molar-refractivity contribution in [1.29, 1.82) is 0 Å². The minimum absolute atomic E-state index is 0.130. The van der Waals surface area contributed by atoms with Crippen molar-refractivity contribution >= 4 is 50.5 Å². The lowest BCUT2D eigenvalue weighted by Crippen LogP contribution is -2.29. The van der Waals surface area contributed by atoms with Crippen molar-refractivity contribution in [3.8, 4) is 0 Å². The highest BCUT2D eigenvalue weighted by molar-refractivity contribution is 9.10. The van der Waals surface area contributed by atoms with Gasteiger partial charge in [0.1, 0.15) is 4.88 Å². The molecule has 0 saturated heterocycles. The topological polar surface area (TPSA) is 66.4 Å². The Bertz CT molecular complexity index is 580. The highest BCUT2D eigenvalue weighted by atomic mass is 79.9. The maximum Gasteiger partial charge on any atom is 0.305 e. The van der Waals surface area contributed by atoms with Crippen LogP contribution in [0, 0.1) is 0 Å². The number of halogens is 1. The number of carbonyl (C=O) groups excluding carboxylic acids is 1. The van der Waals surface area contributed by atoms with Crippen LogP contribution in [-0.4, -0.2) is 17.0 Å². The number of rotatable bonds is 5. The molecule has 100 valence electrons. The van der Waals surface area contributed by atoms with E-state index >= 15 is 0 Å². The van der Waals surface area contributed by atoms with E-state index in [1.165, 1.54) is 22.7 Å². The second-order valence-electron chi connectivity index (χ2n) is 3.74. The zero-order valence-electron chi connectivity index (χ0n) is 9.63. The lowest BCUT2D eigenvalue weighted by Gasteiger charge is -2.15. The average Bonchev–Trinajstić information content (AvgIpc) is 2.97. The highest BCUT2D eigenvalue weighted by Crippen LogP contribution is 2.26. The van der Waals surface area contributed by atoms with Crippen molar-refractivity contribution in [3.05, 3.63) is 43.2 Å². The van der Waals surface area contributed by atoms with Crippen LogP contribution in [0.3, 0.4) is 0 Å². The Kier molecular flexibility index (Phi) is 4.73. The summed E-state index contributed by atoms with van der Waals surface area (Å²) in [6.45, 7) is 0. The highest BCUT2D eigenvalue weighted by Gasteiger charge is 2.21. The SMILES string of the molecule is O=C(O)CC(NC(=O)c1sccc1Br)c1cccs1. The molecule has 2 rings (SSSR count). The van der Waals surface area contributed by atoms with Gasteiger partial charge in [0.25, 0.3) is 5.91 Å². The van der Waals surface area contributed by atoms with Crippen molar-refractivity contribution in [2.24, 2.45) is 0 Å². The van der Waals surface area contributed by atoms with Gasteiger partial charge >= 0.3 is 5.97 Å². The van der Waals surface area contributed by atoms with E-state index in [0.717, 1.165) is 9.35 Å². The van der Waals surface area contributed by atoms with E-state index in [9.17, 15) is 9.59 Å². The minimum atomic E-state index is -0.941. The van der Waals surface area contributed by atoms with Gasteiger partial charge in [-0.2, -0.15) is 0 Å². The molecule has 4 nitrogen and oxygen atoms in total. The molecule has 0 fully saturated rings. The molecule has 0 aliphatic heterocycles. The van der Waals surface area contributed by atoms with Gasteiger partial charge in [-0.05, 0) is 38.8 Å². The first-order valence-corrected chi connectivity index (χ1v) is 7.92. The summed E-state index contributed by atoms with van der Waals surface area (Å²) in [5.74, 6) is -1.20. The van der Waals surface area contributed by atoms with E-state index in [4.69, 9.17) is 5.11 Å². The van der Waals surface area contributed by atoms with E-state index < -0.39 is 12.0 Å². The summed E-state index contributed by atoms with van der Waals surface area (Å²) in [5.41, 5.74) is 0. The second kappa shape index (κ2) is 6.31. The van der Waals surface area contributed by atoms with Gasteiger partial charge < -0.3 is 10.4 Å². The molecule has 0 saturated carbocycles. The molecule has 0 radical (unpaired) electrons. The molecule has 2 aromatic rings. The van der Waals surface area contributed by atoms with E-state index in [0.29, 0.717) is 4.88 Å². The molecule has 0 aliphatic carbocycles. The van der Waals surface area contributed by atoms with Gasteiger partial charge in [0.2, 0.25) is 0 Å². The van der Waals surface area contributed by atoms with Gasteiger partial charge in [-0.1, -0.05) is 6.07 Å². The van der Waals surface area contributed by atoms with Crippen molar-refractivity contribution in [3.63, 3.8) is 0 Å². The molecule has 1 amide bonds. The van der Waals surface area contributed by atoms with Gasteiger partial charge in [0.05, 0.1) is 12.5 Å². The number of carboxylic acid groups (broad SMARTS) is 1. The molecular weight excluding hydrogens is 350 g/mol. The fraction of sp³-hybridized carbons (Fsp3) is 0.167.